The van der Waals surface area contributed by atoms with Gasteiger partial charge in [0.05, 0.1) is 0 Å². The number of rotatable bonds is 6. The first-order valence-electron chi connectivity index (χ1n) is 9.98. The summed E-state index contributed by atoms with van der Waals surface area (Å²) < 4.78 is 5.82. The third-order valence-corrected chi connectivity index (χ3v) is 5.73. The van der Waals surface area contributed by atoms with Crippen LogP contribution in [0.3, 0.4) is 0 Å². The normalized spacial score (nSPS) is 24.9. The monoisotopic (exact) mass is 345 g/mol. The molecule has 1 aliphatic heterocycles. The molecular formula is C20H31N3O2. The highest BCUT2D eigenvalue weighted by atomic mass is 16.5. The van der Waals surface area contributed by atoms with Crippen LogP contribution in [0.5, 0.6) is 6.01 Å². The number of hydrogen-bond acceptors (Lipinski definition) is 4. The van der Waals surface area contributed by atoms with Gasteiger partial charge in [-0.3, -0.25) is 4.79 Å². The number of likely N-dealkylation sites (tertiary alicyclic amines) is 1. The number of piperidine rings is 1. The van der Waals surface area contributed by atoms with Crippen LogP contribution in [0.2, 0.25) is 0 Å². The molecule has 0 radical (unpaired) electrons. The van der Waals surface area contributed by atoms with E-state index in [1.165, 1.54) is 32.1 Å². The van der Waals surface area contributed by atoms with Gasteiger partial charge in [0, 0.05) is 44.2 Å². The number of carbonyl (C=O) groups excluding carboxylic acids is 1. The fraction of sp³-hybridized carbons (Fsp3) is 0.750. The van der Waals surface area contributed by atoms with Crippen molar-refractivity contribution in [2.75, 3.05) is 13.1 Å². The quantitative estimate of drug-likeness (QED) is 0.786. The van der Waals surface area contributed by atoms with Gasteiger partial charge in [0.25, 0.3) is 0 Å². The summed E-state index contributed by atoms with van der Waals surface area (Å²) in [6, 6.07) is 2.23. The lowest BCUT2D eigenvalue weighted by Crippen LogP contribution is -2.45. The Bertz CT molecular complexity index is 521. The van der Waals surface area contributed by atoms with Crippen molar-refractivity contribution in [3.05, 3.63) is 18.5 Å². The van der Waals surface area contributed by atoms with Crippen LogP contribution in [-0.4, -0.2) is 40.0 Å². The minimum absolute atomic E-state index is 0.122. The summed E-state index contributed by atoms with van der Waals surface area (Å²) in [7, 11) is 0. The average molecular weight is 345 g/mol. The van der Waals surface area contributed by atoms with Crippen molar-refractivity contribution in [3.8, 4) is 6.01 Å². The summed E-state index contributed by atoms with van der Waals surface area (Å²) in [6.45, 7) is 3.85. The highest BCUT2D eigenvalue weighted by Gasteiger charge is 2.31. The van der Waals surface area contributed by atoms with Gasteiger partial charge in [0.15, 0.2) is 0 Å². The van der Waals surface area contributed by atoms with Crippen LogP contribution in [-0.2, 0) is 4.79 Å². The summed E-state index contributed by atoms with van der Waals surface area (Å²) >= 11 is 0. The van der Waals surface area contributed by atoms with E-state index in [0.717, 1.165) is 44.7 Å². The molecule has 2 heterocycles. The Labute approximate surface area is 151 Å². The Hall–Kier alpha value is -1.65. The van der Waals surface area contributed by atoms with Gasteiger partial charge in [-0.25, -0.2) is 9.97 Å². The molecule has 2 aliphatic rings. The minimum atomic E-state index is 0.122. The van der Waals surface area contributed by atoms with Crippen molar-refractivity contribution in [1.29, 1.82) is 0 Å². The summed E-state index contributed by atoms with van der Waals surface area (Å²) in [4.78, 5) is 23.1. The number of amides is 1. The molecule has 5 nitrogen and oxygen atoms in total. The standard InChI is InChI=1S/C20H31N3O2/c1-2-3-5-16-6-8-17(9-7-16)19(24)23-14-10-18(11-15-23)25-20-21-12-4-13-22-20/h4,12-13,16-18H,2-3,5-11,14-15H2,1H3. The molecule has 5 heteroatoms. The largest absolute Gasteiger partial charge is 0.460 e. The van der Waals surface area contributed by atoms with Gasteiger partial charge in [-0.05, 0) is 37.7 Å². The predicted molar refractivity (Wildman–Crippen MR) is 97.2 cm³/mol. The number of ether oxygens (including phenoxy) is 1. The van der Waals surface area contributed by atoms with Gasteiger partial charge < -0.3 is 9.64 Å². The number of nitrogens with zero attached hydrogens (tertiary/aromatic N) is 3. The van der Waals surface area contributed by atoms with Crippen molar-refractivity contribution >= 4 is 5.91 Å². The van der Waals surface area contributed by atoms with Crippen LogP contribution in [0.1, 0.15) is 64.7 Å². The van der Waals surface area contributed by atoms with E-state index < -0.39 is 0 Å². The van der Waals surface area contributed by atoms with Gasteiger partial charge in [-0.2, -0.15) is 0 Å². The van der Waals surface area contributed by atoms with Crippen molar-refractivity contribution in [3.63, 3.8) is 0 Å². The molecular weight excluding hydrogens is 314 g/mol. The van der Waals surface area contributed by atoms with E-state index in [1.807, 2.05) is 0 Å². The second kappa shape index (κ2) is 9.16. The topological polar surface area (TPSA) is 55.3 Å². The molecule has 1 amide bonds. The van der Waals surface area contributed by atoms with E-state index in [4.69, 9.17) is 4.74 Å². The molecule has 0 N–H and O–H groups in total. The first-order valence-corrected chi connectivity index (χ1v) is 9.98. The maximum absolute atomic E-state index is 12.8. The van der Waals surface area contributed by atoms with Crippen molar-refractivity contribution in [2.45, 2.75) is 70.8 Å². The molecule has 3 rings (SSSR count). The zero-order valence-corrected chi connectivity index (χ0v) is 15.4. The predicted octanol–water partition coefficient (Wildman–Crippen LogP) is 3.84. The van der Waals surface area contributed by atoms with Crippen LogP contribution in [0.25, 0.3) is 0 Å². The van der Waals surface area contributed by atoms with Crippen LogP contribution >= 0.6 is 0 Å². The highest BCUT2D eigenvalue weighted by molar-refractivity contribution is 5.79. The molecule has 1 saturated heterocycles. The maximum Gasteiger partial charge on any atom is 0.316 e. The summed E-state index contributed by atoms with van der Waals surface area (Å²) in [5.74, 6) is 1.49. The minimum Gasteiger partial charge on any atom is -0.460 e. The first kappa shape index (κ1) is 18.2. The van der Waals surface area contributed by atoms with E-state index in [9.17, 15) is 4.79 Å². The molecule has 25 heavy (non-hydrogen) atoms. The Balaban J connectivity index is 1.40. The molecule has 0 atom stereocenters. The van der Waals surface area contributed by atoms with Gasteiger partial charge in [0.1, 0.15) is 6.10 Å². The lowest BCUT2D eigenvalue weighted by atomic mass is 9.79. The molecule has 1 saturated carbocycles. The Morgan fingerprint density at radius 3 is 2.44 bits per heavy atom. The second-order valence-electron chi connectivity index (χ2n) is 7.53. The van der Waals surface area contributed by atoms with E-state index >= 15 is 0 Å². The van der Waals surface area contributed by atoms with Crippen molar-refractivity contribution in [2.24, 2.45) is 11.8 Å². The fourth-order valence-electron chi connectivity index (χ4n) is 4.14. The zero-order chi connectivity index (χ0) is 17.5. The van der Waals surface area contributed by atoms with Gasteiger partial charge in [0.2, 0.25) is 5.91 Å². The first-order chi connectivity index (χ1) is 12.3. The second-order valence-corrected chi connectivity index (χ2v) is 7.53. The Morgan fingerprint density at radius 1 is 1.12 bits per heavy atom. The van der Waals surface area contributed by atoms with Crippen molar-refractivity contribution in [1.82, 2.24) is 14.9 Å². The SMILES string of the molecule is CCCCC1CCC(C(=O)N2CCC(Oc3ncccn3)CC2)CC1. The van der Waals surface area contributed by atoms with Gasteiger partial charge >= 0.3 is 6.01 Å². The lowest BCUT2D eigenvalue weighted by Gasteiger charge is -2.36. The van der Waals surface area contributed by atoms with E-state index in [-0.39, 0.29) is 12.0 Å². The Morgan fingerprint density at radius 2 is 1.80 bits per heavy atom. The van der Waals surface area contributed by atoms with Crippen LogP contribution in [0.4, 0.5) is 0 Å². The molecule has 0 unspecified atom stereocenters. The summed E-state index contributed by atoms with van der Waals surface area (Å²) in [5.41, 5.74) is 0. The molecule has 1 aromatic heterocycles. The fourth-order valence-corrected chi connectivity index (χ4v) is 4.14. The van der Waals surface area contributed by atoms with E-state index in [2.05, 4.69) is 21.8 Å². The highest BCUT2D eigenvalue weighted by Crippen LogP contribution is 2.33. The third kappa shape index (κ3) is 5.16. The smallest absolute Gasteiger partial charge is 0.316 e. The summed E-state index contributed by atoms with van der Waals surface area (Å²) in [5, 5.41) is 0. The van der Waals surface area contributed by atoms with Crippen LogP contribution < -0.4 is 4.74 Å². The van der Waals surface area contributed by atoms with Crippen molar-refractivity contribution < 1.29 is 9.53 Å². The van der Waals surface area contributed by atoms with Crippen LogP contribution in [0, 0.1) is 11.8 Å². The number of hydrogen-bond donors (Lipinski definition) is 0. The van der Waals surface area contributed by atoms with Crippen LogP contribution in [0.15, 0.2) is 18.5 Å². The van der Waals surface area contributed by atoms with E-state index in [1.54, 1.807) is 18.5 Å². The third-order valence-electron chi connectivity index (χ3n) is 5.73. The zero-order valence-electron chi connectivity index (χ0n) is 15.4. The maximum atomic E-state index is 12.8. The Kier molecular flexibility index (Phi) is 6.65. The number of unbranched alkanes of at least 4 members (excludes halogenated alkanes) is 1. The average Bonchev–Trinajstić information content (AvgIpc) is 2.68. The number of aromatic nitrogens is 2. The molecule has 0 aromatic carbocycles. The number of carbonyl (C=O) groups is 1. The molecule has 138 valence electrons. The molecule has 2 fully saturated rings. The molecule has 0 spiro atoms. The van der Waals surface area contributed by atoms with E-state index in [0.29, 0.717) is 11.9 Å². The molecule has 1 aromatic rings. The molecule has 1 aliphatic carbocycles. The van der Waals surface area contributed by atoms with Gasteiger partial charge in [-0.1, -0.05) is 26.2 Å². The van der Waals surface area contributed by atoms with Gasteiger partial charge in [-0.15, -0.1) is 0 Å². The summed E-state index contributed by atoms with van der Waals surface area (Å²) in [6.07, 6.45) is 13.9. The lowest BCUT2D eigenvalue weighted by molar-refractivity contribution is -0.138. The molecule has 0 bridgehead atoms.